The van der Waals surface area contributed by atoms with E-state index in [2.05, 4.69) is 10.3 Å². The number of hydrogen-bond acceptors (Lipinski definition) is 4. The SMILES string of the molecule is COc1ccc([C@@H]2[C@@H](C(=O)Nc3cc(C)cc(C)n3)c3ccccc3C(=O)N2c2ccccc2)cc1. The quantitative estimate of drug-likeness (QED) is 0.393. The number of carbonyl (C=O) groups excluding carboxylic acids is 2. The number of nitrogens with one attached hydrogen (secondary N) is 1. The third kappa shape index (κ3) is 4.33. The molecule has 1 aliphatic heterocycles. The number of pyridine rings is 1. The minimum atomic E-state index is -0.671. The van der Waals surface area contributed by atoms with E-state index in [9.17, 15) is 9.59 Å². The van der Waals surface area contributed by atoms with Crippen LogP contribution in [0, 0.1) is 13.8 Å². The zero-order valence-electron chi connectivity index (χ0n) is 20.4. The fourth-order valence-corrected chi connectivity index (χ4v) is 4.94. The van der Waals surface area contributed by atoms with Gasteiger partial charge < -0.3 is 10.1 Å². The minimum Gasteiger partial charge on any atom is -0.497 e. The molecule has 1 N–H and O–H groups in total. The third-order valence-corrected chi connectivity index (χ3v) is 6.46. The standard InChI is InChI=1S/C30H27N3O3/c1-19-17-20(2)31-26(18-19)32-29(34)27-24-11-7-8-12-25(24)30(35)33(22-9-5-4-6-10-22)28(27)21-13-15-23(36-3)16-14-21/h4-18,27-28H,1-3H3,(H,31,32,34)/t27-,28+/m0/s1. The van der Waals surface area contributed by atoms with Crippen LogP contribution in [0.2, 0.25) is 0 Å². The molecule has 180 valence electrons. The first-order chi connectivity index (χ1) is 17.5. The molecular weight excluding hydrogens is 450 g/mol. The lowest BCUT2D eigenvalue weighted by Crippen LogP contribution is -2.46. The molecular formula is C30H27N3O3. The predicted molar refractivity (Wildman–Crippen MR) is 141 cm³/mol. The number of amides is 2. The number of nitrogens with zero attached hydrogens (tertiary/aromatic N) is 2. The molecule has 0 bridgehead atoms. The Bertz CT molecular complexity index is 1400. The van der Waals surface area contributed by atoms with E-state index in [1.54, 1.807) is 18.1 Å². The Balaban J connectivity index is 1.68. The lowest BCUT2D eigenvalue weighted by molar-refractivity contribution is -0.118. The van der Waals surface area contributed by atoms with E-state index in [-0.39, 0.29) is 11.8 Å². The van der Waals surface area contributed by atoms with Crippen molar-refractivity contribution in [1.29, 1.82) is 0 Å². The van der Waals surface area contributed by atoms with Crippen molar-refractivity contribution in [2.45, 2.75) is 25.8 Å². The number of rotatable bonds is 5. The van der Waals surface area contributed by atoms with Crippen molar-refractivity contribution in [3.8, 4) is 5.75 Å². The lowest BCUT2D eigenvalue weighted by atomic mass is 9.78. The highest BCUT2D eigenvalue weighted by Crippen LogP contribution is 2.45. The van der Waals surface area contributed by atoms with E-state index in [0.29, 0.717) is 22.7 Å². The van der Waals surface area contributed by atoms with Crippen LogP contribution in [0.1, 0.15) is 44.7 Å². The number of carbonyl (C=O) groups is 2. The molecule has 2 heterocycles. The van der Waals surface area contributed by atoms with Gasteiger partial charge in [-0.1, -0.05) is 48.5 Å². The number of ether oxygens (including phenoxy) is 1. The largest absolute Gasteiger partial charge is 0.497 e. The van der Waals surface area contributed by atoms with Crippen LogP contribution in [0.5, 0.6) is 5.75 Å². The second kappa shape index (κ2) is 9.66. The average Bonchev–Trinajstić information content (AvgIpc) is 2.88. The van der Waals surface area contributed by atoms with Crippen molar-refractivity contribution in [2.24, 2.45) is 0 Å². The molecule has 0 radical (unpaired) electrons. The number of para-hydroxylation sites is 1. The number of fused-ring (bicyclic) bond motifs is 1. The van der Waals surface area contributed by atoms with Gasteiger partial charge in [0.15, 0.2) is 0 Å². The first kappa shape index (κ1) is 23.3. The predicted octanol–water partition coefficient (Wildman–Crippen LogP) is 5.83. The van der Waals surface area contributed by atoms with Gasteiger partial charge in [-0.15, -0.1) is 0 Å². The van der Waals surface area contributed by atoms with Gasteiger partial charge in [-0.05, 0) is 73.0 Å². The highest BCUT2D eigenvalue weighted by Gasteiger charge is 2.45. The summed E-state index contributed by atoms with van der Waals surface area (Å²) in [6.45, 7) is 3.87. The first-order valence-corrected chi connectivity index (χ1v) is 11.8. The second-order valence-corrected chi connectivity index (χ2v) is 8.95. The summed E-state index contributed by atoms with van der Waals surface area (Å²) in [5, 5.41) is 3.03. The lowest BCUT2D eigenvalue weighted by Gasteiger charge is -2.41. The van der Waals surface area contributed by atoms with Gasteiger partial charge >= 0.3 is 0 Å². The number of anilines is 2. The summed E-state index contributed by atoms with van der Waals surface area (Å²) in [6.07, 6.45) is 0. The smallest absolute Gasteiger partial charge is 0.259 e. The van der Waals surface area contributed by atoms with Gasteiger partial charge in [-0.25, -0.2) is 4.98 Å². The molecule has 5 rings (SSSR count). The number of methoxy groups -OCH3 is 1. The Labute approximate surface area is 210 Å². The van der Waals surface area contributed by atoms with Crippen molar-refractivity contribution >= 4 is 23.3 Å². The Morgan fingerprint density at radius 2 is 1.61 bits per heavy atom. The average molecular weight is 478 g/mol. The molecule has 0 spiro atoms. The zero-order valence-corrected chi connectivity index (χ0v) is 20.4. The molecule has 3 aromatic carbocycles. The Kier molecular flexibility index (Phi) is 6.25. The molecule has 0 aliphatic carbocycles. The molecule has 1 aromatic heterocycles. The van der Waals surface area contributed by atoms with Crippen LogP contribution in [0.25, 0.3) is 0 Å². The summed E-state index contributed by atoms with van der Waals surface area (Å²) in [7, 11) is 1.61. The van der Waals surface area contributed by atoms with E-state index in [1.165, 1.54) is 0 Å². The second-order valence-electron chi connectivity index (χ2n) is 8.95. The summed E-state index contributed by atoms with van der Waals surface area (Å²) >= 11 is 0. The van der Waals surface area contributed by atoms with Crippen molar-refractivity contribution in [3.05, 3.63) is 119 Å². The normalized spacial score (nSPS) is 16.9. The van der Waals surface area contributed by atoms with Crippen LogP contribution in [0.4, 0.5) is 11.5 Å². The van der Waals surface area contributed by atoms with E-state index in [0.717, 1.165) is 22.5 Å². The van der Waals surface area contributed by atoms with Crippen molar-refractivity contribution in [1.82, 2.24) is 4.98 Å². The monoisotopic (exact) mass is 477 g/mol. The summed E-state index contributed by atoms with van der Waals surface area (Å²) in [5.74, 6) is 0.148. The number of aryl methyl sites for hydroxylation is 2. The molecule has 36 heavy (non-hydrogen) atoms. The summed E-state index contributed by atoms with van der Waals surface area (Å²) in [6, 6.07) is 27.6. The molecule has 4 aromatic rings. The Morgan fingerprint density at radius 3 is 2.31 bits per heavy atom. The van der Waals surface area contributed by atoms with E-state index in [4.69, 9.17) is 4.74 Å². The number of aromatic nitrogens is 1. The number of benzene rings is 3. The van der Waals surface area contributed by atoms with Gasteiger partial charge in [0.05, 0.1) is 19.1 Å². The van der Waals surface area contributed by atoms with Crippen LogP contribution in [0.15, 0.2) is 91.0 Å². The van der Waals surface area contributed by atoms with Crippen LogP contribution in [-0.2, 0) is 4.79 Å². The van der Waals surface area contributed by atoms with Gasteiger partial charge in [0.1, 0.15) is 11.6 Å². The van der Waals surface area contributed by atoms with Crippen molar-refractivity contribution < 1.29 is 14.3 Å². The molecule has 2 atom stereocenters. The molecule has 0 unspecified atom stereocenters. The molecule has 2 amide bonds. The van der Waals surface area contributed by atoms with Gasteiger partial charge in [0.2, 0.25) is 5.91 Å². The Hall–Kier alpha value is -4.45. The summed E-state index contributed by atoms with van der Waals surface area (Å²) < 4.78 is 5.35. The van der Waals surface area contributed by atoms with Crippen LogP contribution in [-0.4, -0.2) is 23.9 Å². The maximum absolute atomic E-state index is 14.0. The van der Waals surface area contributed by atoms with E-state index >= 15 is 0 Å². The van der Waals surface area contributed by atoms with Gasteiger partial charge in [-0.3, -0.25) is 14.5 Å². The van der Waals surface area contributed by atoms with Gasteiger partial charge in [-0.2, -0.15) is 0 Å². The molecule has 0 fully saturated rings. The van der Waals surface area contributed by atoms with E-state index < -0.39 is 12.0 Å². The van der Waals surface area contributed by atoms with Crippen molar-refractivity contribution in [2.75, 3.05) is 17.3 Å². The maximum Gasteiger partial charge on any atom is 0.259 e. The fraction of sp³-hybridized carbons (Fsp3) is 0.167. The van der Waals surface area contributed by atoms with Crippen LogP contribution in [0.3, 0.4) is 0 Å². The summed E-state index contributed by atoms with van der Waals surface area (Å²) in [4.78, 5) is 34.2. The third-order valence-electron chi connectivity index (χ3n) is 6.46. The maximum atomic E-state index is 14.0. The minimum absolute atomic E-state index is 0.147. The van der Waals surface area contributed by atoms with Crippen LogP contribution < -0.4 is 15.0 Å². The molecule has 6 heteroatoms. The molecule has 1 aliphatic rings. The summed E-state index contributed by atoms with van der Waals surface area (Å²) in [5.41, 5.74) is 4.59. The van der Waals surface area contributed by atoms with Gasteiger partial charge in [0, 0.05) is 16.9 Å². The first-order valence-electron chi connectivity index (χ1n) is 11.8. The molecule has 0 saturated carbocycles. The van der Waals surface area contributed by atoms with Crippen molar-refractivity contribution in [3.63, 3.8) is 0 Å². The van der Waals surface area contributed by atoms with E-state index in [1.807, 2.05) is 98.8 Å². The fourth-order valence-electron chi connectivity index (χ4n) is 4.94. The molecule has 6 nitrogen and oxygen atoms in total. The zero-order chi connectivity index (χ0) is 25.2. The highest BCUT2D eigenvalue weighted by molar-refractivity contribution is 6.12. The van der Waals surface area contributed by atoms with Gasteiger partial charge in [0.25, 0.3) is 5.91 Å². The number of hydrogen-bond donors (Lipinski definition) is 1. The topological polar surface area (TPSA) is 71.5 Å². The molecule has 0 saturated heterocycles. The Morgan fingerprint density at radius 1 is 0.917 bits per heavy atom. The van der Waals surface area contributed by atoms with Crippen LogP contribution >= 0.6 is 0 Å². The highest BCUT2D eigenvalue weighted by atomic mass is 16.5.